The number of carbonyl (C=O) groups excluding carboxylic acids is 2. The van der Waals surface area contributed by atoms with Crippen LogP contribution in [-0.4, -0.2) is 36.8 Å². The summed E-state index contributed by atoms with van der Waals surface area (Å²) < 4.78 is 5.03. The van der Waals surface area contributed by atoms with Gasteiger partial charge in [-0.05, 0) is 43.5 Å². The zero-order chi connectivity index (χ0) is 15.2. The molecular formula is C16H18N2O3. The SMILES string of the molecule is COc1ccc(C(=O)[C@@H](C#N)C(=O)N2CCCCC2)cc1. The van der Waals surface area contributed by atoms with Crippen LogP contribution >= 0.6 is 0 Å². The van der Waals surface area contributed by atoms with Gasteiger partial charge in [-0.2, -0.15) is 5.26 Å². The van der Waals surface area contributed by atoms with E-state index in [2.05, 4.69) is 0 Å². The number of piperidine rings is 1. The molecule has 5 heteroatoms. The van der Waals surface area contributed by atoms with Gasteiger partial charge in [0.15, 0.2) is 11.7 Å². The van der Waals surface area contributed by atoms with Crippen molar-refractivity contribution in [1.82, 2.24) is 4.90 Å². The fraction of sp³-hybridized carbons (Fsp3) is 0.438. The molecule has 5 nitrogen and oxygen atoms in total. The molecule has 0 saturated carbocycles. The van der Waals surface area contributed by atoms with Crippen LogP contribution in [0, 0.1) is 17.2 Å². The molecule has 1 fully saturated rings. The van der Waals surface area contributed by atoms with Crippen molar-refractivity contribution in [3.05, 3.63) is 29.8 Å². The minimum absolute atomic E-state index is 0.354. The number of rotatable bonds is 4. The van der Waals surface area contributed by atoms with Gasteiger partial charge in [-0.1, -0.05) is 0 Å². The lowest BCUT2D eigenvalue weighted by Crippen LogP contribution is -2.41. The minimum Gasteiger partial charge on any atom is -0.497 e. The molecular weight excluding hydrogens is 268 g/mol. The molecule has 0 aliphatic carbocycles. The molecule has 1 aliphatic rings. The van der Waals surface area contributed by atoms with Crippen molar-refractivity contribution in [3.8, 4) is 11.8 Å². The van der Waals surface area contributed by atoms with Crippen LogP contribution < -0.4 is 4.74 Å². The first-order valence-electron chi connectivity index (χ1n) is 7.04. The van der Waals surface area contributed by atoms with Gasteiger partial charge in [-0.15, -0.1) is 0 Å². The maximum atomic E-state index is 12.3. The molecule has 0 unspecified atom stereocenters. The standard InChI is InChI=1S/C16H18N2O3/c1-21-13-7-5-12(6-8-13)15(19)14(11-17)16(20)18-9-3-2-4-10-18/h5-8,14H,2-4,9-10H2,1H3/t14-/m1/s1. The van der Waals surface area contributed by atoms with E-state index in [0.717, 1.165) is 19.3 Å². The zero-order valence-corrected chi connectivity index (χ0v) is 12.0. The van der Waals surface area contributed by atoms with E-state index in [-0.39, 0.29) is 5.91 Å². The number of amides is 1. The third-order valence-corrected chi connectivity index (χ3v) is 3.68. The van der Waals surface area contributed by atoms with Crippen LogP contribution in [0.3, 0.4) is 0 Å². The van der Waals surface area contributed by atoms with Crippen molar-refractivity contribution < 1.29 is 14.3 Å². The van der Waals surface area contributed by atoms with Crippen LogP contribution in [0.25, 0.3) is 0 Å². The van der Waals surface area contributed by atoms with Gasteiger partial charge >= 0.3 is 0 Å². The van der Waals surface area contributed by atoms with E-state index in [1.807, 2.05) is 6.07 Å². The van der Waals surface area contributed by atoms with Gasteiger partial charge in [0.05, 0.1) is 13.2 Å². The molecule has 1 atom stereocenters. The lowest BCUT2D eigenvalue weighted by atomic mass is 9.96. The Hall–Kier alpha value is -2.35. The van der Waals surface area contributed by atoms with E-state index in [0.29, 0.717) is 24.4 Å². The van der Waals surface area contributed by atoms with Crippen LogP contribution in [-0.2, 0) is 4.79 Å². The summed E-state index contributed by atoms with van der Waals surface area (Å²) in [5.41, 5.74) is 0.354. The average Bonchev–Trinajstić information content (AvgIpc) is 2.56. The molecule has 1 aliphatic heterocycles. The third-order valence-electron chi connectivity index (χ3n) is 3.68. The maximum absolute atomic E-state index is 12.3. The van der Waals surface area contributed by atoms with Crippen LogP contribution in [0.15, 0.2) is 24.3 Å². The average molecular weight is 286 g/mol. The fourth-order valence-electron chi connectivity index (χ4n) is 2.44. The summed E-state index contributed by atoms with van der Waals surface area (Å²) >= 11 is 0. The molecule has 0 aromatic heterocycles. The number of likely N-dealkylation sites (tertiary alicyclic amines) is 1. The van der Waals surface area contributed by atoms with Crippen molar-refractivity contribution in [2.24, 2.45) is 5.92 Å². The van der Waals surface area contributed by atoms with Crippen LogP contribution in [0.1, 0.15) is 29.6 Å². The predicted octanol–water partition coefficient (Wildman–Crippen LogP) is 2.03. The highest BCUT2D eigenvalue weighted by atomic mass is 16.5. The Labute approximate surface area is 124 Å². The van der Waals surface area contributed by atoms with Crippen LogP contribution in [0.4, 0.5) is 0 Å². The molecule has 0 N–H and O–H groups in total. The topological polar surface area (TPSA) is 70.4 Å². The van der Waals surface area contributed by atoms with Gasteiger partial charge in [0.2, 0.25) is 5.91 Å². The number of carbonyl (C=O) groups is 2. The highest BCUT2D eigenvalue weighted by molar-refractivity contribution is 6.12. The van der Waals surface area contributed by atoms with Gasteiger partial charge in [0.1, 0.15) is 5.75 Å². The number of methoxy groups -OCH3 is 1. The van der Waals surface area contributed by atoms with Gasteiger partial charge in [-0.25, -0.2) is 0 Å². The van der Waals surface area contributed by atoms with E-state index in [1.54, 1.807) is 29.2 Å². The van der Waals surface area contributed by atoms with Crippen molar-refractivity contribution in [2.75, 3.05) is 20.2 Å². The second-order valence-corrected chi connectivity index (χ2v) is 5.04. The van der Waals surface area contributed by atoms with Crippen molar-refractivity contribution in [2.45, 2.75) is 19.3 Å². The second kappa shape index (κ2) is 6.89. The van der Waals surface area contributed by atoms with Gasteiger partial charge in [0, 0.05) is 18.7 Å². The number of nitriles is 1. The molecule has 0 radical (unpaired) electrons. The smallest absolute Gasteiger partial charge is 0.247 e. The Bertz CT molecular complexity index is 554. The Balaban J connectivity index is 2.13. The van der Waals surface area contributed by atoms with E-state index < -0.39 is 11.7 Å². The first-order valence-corrected chi connectivity index (χ1v) is 7.04. The molecule has 110 valence electrons. The predicted molar refractivity (Wildman–Crippen MR) is 76.9 cm³/mol. The molecule has 21 heavy (non-hydrogen) atoms. The van der Waals surface area contributed by atoms with Crippen molar-refractivity contribution >= 4 is 11.7 Å². The quantitative estimate of drug-likeness (QED) is 0.627. The van der Waals surface area contributed by atoms with Gasteiger partial charge in [0.25, 0.3) is 0 Å². The van der Waals surface area contributed by atoms with Crippen molar-refractivity contribution in [3.63, 3.8) is 0 Å². The third kappa shape index (κ3) is 3.40. The summed E-state index contributed by atoms with van der Waals surface area (Å²) in [4.78, 5) is 26.3. The molecule has 1 aromatic carbocycles. The summed E-state index contributed by atoms with van der Waals surface area (Å²) in [7, 11) is 1.54. The zero-order valence-electron chi connectivity index (χ0n) is 12.0. The number of nitrogens with zero attached hydrogens (tertiary/aromatic N) is 2. The Kier molecular flexibility index (Phi) is 4.94. The van der Waals surface area contributed by atoms with Crippen molar-refractivity contribution in [1.29, 1.82) is 5.26 Å². The largest absolute Gasteiger partial charge is 0.497 e. The molecule has 0 bridgehead atoms. The van der Waals surface area contributed by atoms with Crippen LogP contribution in [0.2, 0.25) is 0 Å². The number of hydrogen-bond donors (Lipinski definition) is 0. The Morgan fingerprint density at radius 3 is 2.33 bits per heavy atom. The number of hydrogen-bond acceptors (Lipinski definition) is 4. The number of Topliss-reactive ketones (excluding diaryl/α,β-unsaturated/α-hetero) is 1. The Morgan fingerprint density at radius 1 is 1.19 bits per heavy atom. The highest BCUT2D eigenvalue weighted by Gasteiger charge is 2.31. The van der Waals surface area contributed by atoms with E-state index in [4.69, 9.17) is 4.74 Å². The summed E-state index contributed by atoms with van der Waals surface area (Å²) in [5, 5.41) is 9.22. The first-order chi connectivity index (χ1) is 10.2. The molecule has 1 amide bonds. The summed E-state index contributed by atoms with van der Waals surface area (Å²) in [6, 6.07) is 8.30. The number of ether oxygens (including phenoxy) is 1. The lowest BCUT2D eigenvalue weighted by Gasteiger charge is -2.28. The number of benzene rings is 1. The lowest BCUT2D eigenvalue weighted by molar-refractivity contribution is -0.133. The maximum Gasteiger partial charge on any atom is 0.247 e. The summed E-state index contributed by atoms with van der Waals surface area (Å²) in [5.74, 6) is -1.45. The second-order valence-electron chi connectivity index (χ2n) is 5.04. The molecule has 1 aromatic rings. The highest BCUT2D eigenvalue weighted by Crippen LogP contribution is 2.18. The molecule has 1 heterocycles. The number of ketones is 1. The van der Waals surface area contributed by atoms with E-state index >= 15 is 0 Å². The summed E-state index contributed by atoms with van der Waals surface area (Å²) in [6.07, 6.45) is 2.95. The molecule has 0 spiro atoms. The van der Waals surface area contributed by atoms with Gasteiger partial charge in [-0.3, -0.25) is 9.59 Å². The van der Waals surface area contributed by atoms with Gasteiger partial charge < -0.3 is 9.64 Å². The monoisotopic (exact) mass is 286 g/mol. The molecule has 1 saturated heterocycles. The summed E-state index contributed by atoms with van der Waals surface area (Å²) in [6.45, 7) is 1.26. The van der Waals surface area contributed by atoms with E-state index in [9.17, 15) is 14.9 Å². The minimum atomic E-state index is -1.25. The Morgan fingerprint density at radius 2 is 1.81 bits per heavy atom. The van der Waals surface area contributed by atoms with E-state index in [1.165, 1.54) is 7.11 Å². The fourth-order valence-corrected chi connectivity index (χ4v) is 2.44. The first kappa shape index (κ1) is 15.0. The molecule has 2 rings (SSSR count). The van der Waals surface area contributed by atoms with Crippen LogP contribution in [0.5, 0.6) is 5.75 Å². The normalized spacial score (nSPS) is 15.9.